The summed E-state index contributed by atoms with van der Waals surface area (Å²) in [5.74, 6) is 1.73. The van der Waals surface area contributed by atoms with Gasteiger partial charge in [-0.15, -0.1) is 5.10 Å². The van der Waals surface area contributed by atoms with Crippen molar-refractivity contribution in [2.45, 2.75) is 51.3 Å². The summed E-state index contributed by atoms with van der Waals surface area (Å²) in [5, 5.41) is 12.7. The van der Waals surface area contributed by atoms with Crippen LogP contribution in [-0.4, -0.2) is 20.7 Å². The zero-order valence-corrected chi connectivity index (χ0v) is 27.2. The molecule has 0 saturated carbocycles. The number of aromatic nitrogens is 3. The molecule has 7 nitrogen and oxygen atoms in total. The zero-order chi connectivity index (χ0) is 31.5. The maximum atomic E-state index is 14.0. The quantitative estimate of drug-likeness (QED) is 0.158. The Morgan fingerprint density at radius 3 is 2.53 bits per heavy atom. The van der Waals surface area contributed by atoms with Gasteiger partial charge in [-0.05, 0) is 79.8 Å². The predicted molar refractivity (Wildman–Crippen MR) is 182 cm³/mol. The highest BCUT2D eigenvalue weighted by atomic mass is 35.5. The van der Waals surface area contributed by atoms with Crippen LogP contribution in [0.2, 0.25) is 5.02 Å². The first-order valence-electron chi connectivity index (χ1n) is 14.7. The van der Waals surface area contributed by atoms with Gasteiger partial charge in [0.1, 0.15) is 18.4 Å². The van der Waals surface area contributed by atoms with Gasteiger partial charge in [-0.3, -0.25) is 4.79 Å². The molecule has 0 aliphatic carbocycles. The molecule has 0 fully saturated rings. The van der Waals surface area contributed by atoms with E-state index < -0.39 is 6.04 Å². The van der Waals surface area contributed by atoms with Crippen molar-refractivity contribution < 1.29 is 9.53 Å². The maximum Gasteiger partial charge on any atom is 0.255 e. The predicted octanol–water partition coefficient (Wildman–Crippen LogP) is 8.66. The number of halogens is 1. The number of hydrogen-bond donors (Lipinski definition) is 2. The van der Waals surface area contributed by atoms with Gasteiger partial charge in [0.05, 0.1) is 5.57 Å². The number of rotatable bonds is 9. The number of aryl methyl sites for hydroxylation is 2. The molecule has 2 heterocycles. The Hall–Kier alpha value is -4.53. The van der Waals surface area contributed by atoms with Crippen molar-refractivity contribution in [1.29, 1.82) is 0 Å². The van der Waals surface area contributed by atoms with E-state index in [9.17, 15) is 4.79 Å². The minimum absolute atomic E-state index is 0.204. The molecule has 1 aromatic heterocycles. The Labute approximate surface area is 272 Å². The van der Waals surface area contributed by atoms with Crippen molar-refractivity contribution >= 4 is 40.9 Å². The lowest BCUT2D eigenvalue weighted by atomic mass is 9.94. The Morgan fingerprint density at radius 2 is 1.76 bits per heavy atom. The minimum atomic E-state index is -0.514. The summed E-state index contributed by atoms with van der Waals surface area (Å²) in [6.07, 6.45) is 0. The molecule has 0 radical (unpaired) electrons. The van der Waals surface area contributed by atoms with Crippen LogP contribution in [0, 0.1) is 20.8 Å². The molecule has 0 spiro atoms. The number of nitrogens with zero attached hydrogens (tertiary/aromatic N) is 3. The molecule has 1 amide bonds. The van der Waals surface area contributed by atoms with Gasteiger partial charge in [0.25, 0.3) is 5.91 Å². The van der Waals surface area contributed by atoms with E-state index in [0.29, 0.717) is 39.8 Å². The Bertz CT molecular complexity index is 1900. The lowest BCUT2D eigenvalue weighted by Crippen LogP contribution is -2.31. The minimum Gasteiger partial charge on any atom is -0.489 e. The Kier molecular flexibility index (Phi) is 8.96. The average molecular weight is 636 g/mol. The fourth-order valence-electron chi connectivity index (χ4n) is 5.34. The Morgan fingerprint density at radius 1 is 0.978 bits per heavy atom. The molecule has 4 aromatic carbocycles. The summed E-state index contributed by atoms with van der Waals surface area (Å²) < 4.78 is 7.89. The van der Waals surface area contributed by atoms with Crippen LogP contribution in [0.1, 0.15) is 46.3 Å². The van der Waals surface area contributed by atoms with Crippen LogP contribution in [0.4, 0.5) is 11.6 Å². The van der Waals surface area contributed by atoms with Crippen LogP contribution in [0.3, 0.4) is 0 Å². The van der Waals surface area contributed by atoms with Gasteiger partial charge in [0, 0.05) is 22.2 Å². The third-order valence-corrected chi connectivity index (χ3v) is 9.18. The van der Waals surface area contributed by atoms with Crippen molar-refractivity contribution in [2.75, 3.05) is 10.6 Å². The molecule has 1 unspecified atom stereocenters. The Balaban J connectivity index is 1.31. The lowest BCUT2D eigenvalue weighted by Gasteiger charge is -2.29. The van der Waals surface area contributed by atoms with E-state index in [4.69, 9.17) is 26.4 Å². The van der Waals surface area contributed by atoms with Gasteiger partial charge in [0.15, 0.2) is 0 Å². The summed E-state index contributed by atoms with van der Waals surface area (Å²) in [4.78, 5) is 18.8. The molecule has 1 aliphatic rings. The van der Waals surface area contributed by atoms with Crippen molar-refractivity contribution in [3.05, 3.63) is 141 Å². The first-order valence-corrected chi connectivity index (χ1v) is 16.1. The van der Waals surface area contributed by atoms with E-state index in [-0.39, 0.29) is 5.91 Å². The van der Waals surface area contributed by atoms with Gasteiger partial charge in [-0.1, -0.05) is 95.7 Å². The maximum absolute atomic E-state index is 14.0. The SMILES string of the molecule is CC1=C(C(=O)Nc2cccc(C)c2C)C(c2ccc(OCc3cccc(C)c3)cc2)n2nc(SCc3ccccc3Cl)nc2N1. The third-order valence-electron chi connectivity index (χ3n) is 7.93. The second-order valence-electron chi connectivity index (χ2n) is 11.2. The highest BCUT2D eigenvalue weighted by molar-refractivity contribution is 7.98. The van der Waals surface area contributed by atoms with Crippen LogP contribution in [0.5, 0.6) is 5.75 Å². The molecule has 1 aliphatic heterocycles. The number of nitrogens with one attached hydrogen (secondary N) is 2. The number of hydrogen-bond acceptors (Lipinski definition) is 6. The standard InChI is InChI=1S/C36H34ClN5O2S/c1-22-9-7-11-26(19-22)20-44-29-17-15-27(16-18-29)33-32(34(43)39-31-14-8-10-23(2)24(31)3)25(4)38-35-40-36(41-42(33)35)45-21-28-12-5-6-13-30(28)37/h5-19,33H,20-21H2,1-4H3,(H,39,43)(H,38,40,41). The van der Waals surface area contributed by atoms with Crippen molar-refractivity contribution in [1.82, 2.24) is 14.8 Å². The molecular weight excluding hydrogens is 602 g/mol. The van der Waals surface area contributed by atoms with Crippen LogP contribution < -0.4 is 15.4 Å². The van der Waals surface area contributed by atoms with Crippen molar-refractivity contribution in [3.8, 4) is 5.75 Å². The summed E-state index contributed by atoms with van der Waals surface area (Å²) in [7, 11) is 0. The molecular formula is C36H34ClN5O2S. The van der Waals surface area contributed by atoms with Crippen molar-refractivity contribution in [2.24, 2.45) is 0 Å². The first kappa shape index (κ1) is 30.5. The number of anilines is 2. The molecule has 2 N–H and O–H groups in total. The topological polar surface area (TPSA) is 81.1 Å². The third kappa shape index (κ3) is 6.77. The van der Waals surface area contributed by atoms with Gasteiger partial charge in [0.2, 0.25) is 11.1 Å². The van der Waals surface area contributed by atoms with Crippen molar-refractivity contribution in [3.63, 3.8) is 0 Å². The molecule has 9 heteroatoms. The lowest BCUT2D eigenvalue weighted by molar-refractivity contribution is -0.113. The highest BCUT2D eigenvalue weighted by Crippen LogP contribution is 2.38. The number of allylic oxidation sites excluding steroid dienone is 1. The largest absolute Gasteiger partial charge is 0.489 e. The second kappa shape index (κ2) is 13.2. The van der Waals surface area contributed by atoms with Gasteiger partial charge in [-0.25, -0.2) is 4.68 Å². The molecule has 0 saturated heterocycles. The molecule has 228 valence electrons. The van der Waals surface area contributed by atoms with E-state index in [2.05, 4.69) is 35.8 Å². The number of thioether (sulfide) groups is 1. The normalized spacial score (nSPS) is 14.1. The van der Waals surface area contributed by atoms with E-state index in [0.717, 1.165) is 39.3 Å². The fourth-order valence-corrected chi connectivity index (χ4v) is 6.46. The molecule has 5 aromatic rings. The van der Waals surface area contributed by atoms with Crippen LogP contribution in [0.15, 0.2) is 107 Å². The average Bonchev–Trinajstić information content (AvgIpc) is 3.44. The van der Waals surface area contributed by atoms with Gasteiger partial charge >= 0.3 is 0 Å². The number of benzene rings is 4. The van der Waals surface area contributed by atoms with E-state index >= 15 is 0 Å². The monoisotopic (exact) mass is 635 g/mol. The fraction of sp³-hybridized carbons (Fsp3) is 0.194. The van der Waals surface area contributed by atoms with Crippen LogP contribution in [0.25, 0.3) is 0 Å². The number of carbonyl (C=O) groups is 1. The van der Waals surface area contributed by atoms with Crippen LogP contribution in [-0.2, 0) is 17.2 Å². The number of amides is 1. The molecule has 1 atom stereocenters. The molecule has 45 heavy (non-hydrogen) atoms. The van der Waals surface area contributed by atoms with Gasteiger partial charge in [-0.2, -0.15) is 4.98 Å². The number of ether oxygens (including phenoxy) is 1. The molecule has 6 rings (SSSR count). The van der Waals surface area contributed by atoms with Gasteiger partial charge < -0.3 is 15.4 Å². The van der Waals surface area contributed by atoms with E-state index in [1.807, 2.05) is 93.6 Å². The highest BCUT2D eigenvalue weighted by Gasteiger charge is 2.34. The summed E-state index contributed by atoms with van der Waals surface area (Å²) in [5.41, 5.74) is 8.38. The van der Waals surface area contributed by atoms with Crippen LogP contribution >= 0.6 is 23.4 Å². The second-order valence-corrected chi connectivity index (χ2v) is 12.5. The molecule has 0 bridgehead atoms. The first-order chi connectivity index (χ1) is 21.8. The summed E-state index contributed by atoms with van der Waals surface area (Å²) >= 11 is 7.90. The number of fused-ring (bicyclic) bond motifs is 1. The smallest absolute Gasteiger partial charge is 0.255 e. The van der Waals surface area contributed by atoms with E-state index in [1.54, 1.807) is 4.68 Å². The summed E-state index contributed by atoms with van der Waals surface area (Å²) in [6, 6.07) is 29.3. The zero-order valence-electron chi connectivity index (χ0n) is 25.6. The van der Waals surface area contributed by atoms with E-state index in [1.165, 1.54) is 17.3 Å². The summed E-state index contributed by atoms with van der Waals surface area (Å²) in [6.45, 7) is 8.48. The number of carbonyl (C=O) groups excluding carboxylic acids is 1.